The summed E-state index contributed by atoms with van der Waals surface area (Å²) in [6.07, 6.45) is -0.306. The van der Waals surface area contributed by atoms with Gasteiger partial charge in [0.1, 0.15) is 11.9 Å². The molecule has 8 aromatic carbocycles. The number of hydrogen-bond acceptors (Lipinski definition) is 3. The third-order valence-electron chi connectivity index (χ3n) is 10.7. The Hall–Kier alpha value is -7.36. The van der Waals surface area contributed by atoms with Crippen LogP contribution in [-0.4, -0.2) is 9.97 Å². The average molecular weight is 717 g/mol. The van der Waals surface area contributed by atoms with Crippen LogP contribution < -0.4 is 4.74 Å². The van der Waals surface area contributed by atoms with Crippen molar-refractivity contribution in [3.8, 4) is 73.0 Å². The molecule has 10 rings (SSSR count). The Bertz CT molecular complexity index is 2840. The fourth-order valence-electron chi connectivity index (χ4n) is 8.01. The van der Waals surface area contributed by atoms with Gasteiger partial charge in [0.2, 0.25) is 0 Å². The lowest BCUT2D eigenvalue weighted by Gasteiger charge is -2.19. The van der Waals surface area contributed by atoms with Gasteiger partial charge in [0, 0.05) is 33.4 Å². The van der Waals surface area contributed by atoms with Crippen LogP contribution in [0.3, 0.4) is 0 Å². The van der Waals surface area contributed by atoms with Crippen LogP contribution in [-0.2, 0) is 0 Å². The minimum atomic E-state index is -0.306. The first-order valence-corrected chi connectivity index (χ1v) is 19.0. The molecule has 0 spiro atoms. The van der Waals surface area contributed by atoms with Gasteiger partial charge < -0.3 is 4.74 Å². The van der Waals surface area contributed by atoms with Gasteiger partial charge in [0.15, 0.2) is 5.82 Å². The summed E-state index contributed by atoms with van der Waals surface area (Å²) in [5.41, 5.74) is 14.5. The summed E-state index contributed by atoms with van der Waals surface area (Å²) in [7, 11) is 0. The smallest absolute Gasteiger partial charge is 0.160 e. The highest BCUT2D eigenvalue weighted by atomic mass is 16.5. The molecule has 3 heteroatoms. The Balaban J connectivity index is 1.15. The maximum absolute atomic E-state index is 7.01. The maximum atomic E-state index is 7.01. The summed E-state index contributed by atoms with van der Waals surface area (Å²) in [6, 6.07) is 69.9. The minimum Gasteiger partial charge on any atom is -0.480 e. The number of benzene rings is 8. The third kappa shape index (κ3) is 5.96. The molecule has 1 atom stereocenters. The summed E-state index contributed by atoms with van der Waals surface area (Å²) >= 11 is 0. The van der Waals surface area contributed by atoms with Crippen LogP contribution >= 0.6 is 0 Å². The predicted octanol–water partition coefficient (Wildman–Crippen LogP) is 13.8. The number of para-hydroxylation sites is 1. The standard InChI is InChI=1S/C53H36N2O/c1-35-42-29-16-30-47(52(42)56-51(35)41-25-15-24-40(33-41)36-17-5-2-6-18-36)46-32-31-37-19-11-12-26-43(37)50(46)45-28-14-13-27-44(45)49-34-48(38-20-7-3-8-21-38)54-53(55-49)39-22-9-4-10-23-39/h2-34,51H,1H2. The summed E-state index contributed by atoms with van der Waals surface area (Å²) in [4.78, 5) is 10.3. The summed E-state index contributed by atoms with van der Waals surface area (Å²) in [5, 5.41) is 2.31. The SMILES string of the molecule is C=C1c2cccc(-c3ccc4ccccc4c3-c3ccccc3-c3cc(-c4ccccc4)nc(-c4ccccc4)n3)c2OC1c1cccc(-c2ccccc2)c1. The summed E-state index contributed by atoms with van der Waals surface area (Å²) in [5.74, 6) is 1.53. The Morgan fingerprint density at radius 2 is 1.00 bits per heavy atom. The molecule has 1 aliphatic heterocycles. The number of fused-ring (bicyclic) bond motifs is 2. The van der Waals surface area contributed by atoms with E-state index in [9.17, 15) is 0 Å². The minimum absolute atomic E-state index is 0.306. The molecular formula is C53H36N2O. The fourth-order valence-corrected chi connectivity index (χ4v) is 8.01. The number of rotatable bonds is 7. The molecule has 0 radical (unpaired) electrons. The molecule has 0 aliphatic carbocycles. The normalized spacial score (nSPS) is 13.4. The van der Waals surface area contributed by atoms with E-state index in [0.717, 1.165) is 89.1 Å². The van der Waals surface area contributed by atoms with Crippen molar-refractivity contribution >= 4 is 16.3 Å². The quantitative estimate of drug-likeness (QED) is 0.165. The topological polar surface area (TPSA) is 35.0 Å². The van der Waals surface area contributed by atoms with Crippen molar-refractivity contribution in [1.29, 1.82) is 0 Å². The number of aromatic nitrogens is 2. The molecule has 0 saturated carbocycles. The molecule has 0 saturated heterocycles. The zero-order chi connectivity index (χ0) is 37.4. The Morgan fingerprint density at radius 3 is 1.79 bits per heavy atom. The molecule has 56 heavy (non-hydrogen) atoms. The molecule has 1 unspecified atom stereocenters. The van der Waals surface area contributed by atoms with E-state index in [1.165, 1.54) is 5.56 Å². The van der Waals surface area contributed by atoms with E-state index in [1.54, 1.807) is 0 Å². The second-order valence-corrected chi connectivity index (χ2v) is 14.1. The first kappa shape index (κ1) is 33.2. The first-order chi connectivity index (χ1) is 27.7. The van der Waals surface area contributed by atoms with Crippen molar-refractivity contribution < 1.29 is 4.74 Å². The van der Waals surface area contributed by atoms with Crippen LogP contribution in [0.15, 0.2) is 207 Å². The van der Waals surface area contributed by atoms with E-state index >= 15 is 0 Å². The highest BCUT2D eigenvalue weighted by molar-refractivity contribution is 6.08. The lowest BCUT2D eigenvalue weighted by molar-refractivity contribution is 0.284. The van der Waals surface area contributed by atoms with Gasteiger partial charge in [0.25, 0.3) is 0 Å². The van der Waals surface area contributed by atoms with E-state index < -0.39 is 0 Å². The highest BCUT2D eigenvalue weighted by Crippen LogP contribution is 2.52. The maximum Gasteiger partial charge on any atom is 0.160 e. The van der Waals surface area contributed by atoms with Crippen LogP contribution in [0.2, 0.25) is 0 Å². The van der Waals surface area contributed by atoms with Crippen molar-refractivity contribution in [3.05, 3.63) is 218 Å². The van der Waals surface area contributed by atoms with E-state index in [0.29, 0.717) is 5.82 Å². The Morgan fingerprint density at radius 1 is 0.411 bits per heavy atom. The van der Waals surface area contributed by atoms with Gasteiger partial charge in [-0.25, -0.2) is 9.97 Å². The summed E-state index contributed by atoms with van der Waals surface area (Å²) in [6.45, 7) is 4.60. The molecule has 0 N–H and O–H groups in total. The molecule has 1 aromatic heterocycles. The molecule has 0 bridgehead atoms. The van der Waals surface area contributed by atoms with Crippen LogP contribution in [0, 0.1) is 0 Å². The molecule has 264 valence electrons. The Kier molecular flexibility index (Phi) is 8.38. The molecule has 9 aromatic rings. The molecular weight excluding hydrogens is 681 g/mol. The van der Waals surface area contributed by atoms with Crippen molar-refractivity contribution in [2.75, 3.05) is 0 Å². The van der Waals surface area contributed by atoms with Gasteiger partial charge in [-0.1, -0.05) is 195 Å². The lowest BCUT2D eigenvalue weighted by Crippen LogP contribution is -2.02. The fraction of sp³-hybridized carbons (Fsp3) is 0.0189. The second kappa shape index (κ2) is 14.1. The van der Waals surface area contributed by atoms with E-state index in [-0.39, 0.29) is 6.10 Å². The largest absolute Gasteiger partial charge is 0.480 e. The zero-order valence-electron chi connectivity index (χ0n) is 30.6. The van der Waals surface area contributed by atoms with E-state index in [4.69, 9.17) is 14.7 Å². The molecule has 2 heterocycles. The number of hydrogen-bond donors (Lipinski definition) is 0. The van der Waals surface area contributed by atoms with Gasteiger partial charge >= 0.3 is 0 Å². The van der Waals surface area contributed by atoms with Gasteiger partial charge in [-0.2, -0.15) is 0 Å². The van der Waals surface area contributed by atoms with E-state index in [2.05, 4.69) is 176 Å². The highest BCUT2D eigenvalue weighted by Gasteiger charge is 2.32. The monoisotopic (exact) mass is 716 g/mol. The predicted molar refractivity (Wildman–Crippen MR) is 231 cm³/mol. The molecule has 3 nitrogen and oxygen atoms in total. The molecule has 1 aliphatic rings. The first-order valence-electron chi connectivity index (χ1n) is 19.0. The van der Waals surface area contributed by atoms with Crippen molar-refractivity contribution in [3.63, 3.8) is 0 Å². The second-order valence-electron chi connectivity index (χ2n) is 14.1. The van der Waals surface area contributed by atoms with Crippen LogP contribution in [0.25, 0.3) is 83.6 Å². The average Bonchev–Trinajstić information content (AvgIpc) is 3.63. The van der Waals surface area contributed by atoms with Crippen LogP contribution in [0.5, 0.6) is 5.75 Å². The van der Waals surface area contributed by atoms with Crippen molar-refractivity contribution in [1.82, 2.24) is 9.97 Å². The van der Waals surface area contributed by atoms with Gasteiger partial charge in [-0.15, -0.1) is 0 Å². The number of nitrogens with zero attached hydrogens (tertiary/aromatic N) is 2. The van der Waals surface area contributed by atoms with E-state index in [1.807, 2.05) is 30.3 Å². The van der Waals surface area contributed by atoms with Gasteiger partial charge in [0.05, 0.1) is 11.4 Å². The molecule has 0 amide bonds. The van der Waals surface area contributed by atoms with Crippen LogP contribution in [0.4, 0.5) is 0 Å². The van der Waals surface area contributed by atoms with Gasteiger partial charge in [-0.3, -0.25) is 0 Å². The zero-order valence-corrected chi connectivity index (χ0v) is 30.6. The summed E-state index contributed by atoms with van der Waals surface area (Å²) < 4.78 is 7.01. The van der Waals surface area contributed by atoms with Crippen molar-refractivity contribution in [2.45, 2.75) is 6.10 Å². The van der Waals surface area contributed by atoms with Crippen LogP contribution in [0.1, 0.15) is 17.2 Å². The van der Waals surface area contributed by atoms with Crippen molar-refractivity contribution in [2.24, 2.45) is 0 Å². The van der Waals surface area contributed by atoms with Gasteiger partial charge in [-0.05, 0) is 56.3 Å². The third-order valence-corrected chi connectivity index (χ3v) is 10.7. The lowest BCUT2D eigenvalue weighted by atomic mass is 9.86. The molecule has 0 fully saturated rings. The number of ether oxygens (including phenoxy) is 1. The Labute approximate surface area is 326 Å².